The van der Waals surface area contributed by atoms with Crippen LogP contribution in [-0.4, -0.2) is 31.4 Å². The summed E-state index contributed by atoms with van der Waals surface area (Å²) in [6, 6.07) is 12.1. The Balaban J connectivity index is 1.40. The molecule has 30 heavy (non-hydrogen) atoms. The summed E-state index contributed by atoms with van der Waals surface area (Å²) in [7, 11) is 0. The summed E-state index contributed by atoms with van der Waals surface area (Å²) in [4.78, 5) is 18.1. The molecular weight excluding hydrogens is 502 g/mol. The third-order valence-corrected chi connectivity index (χ3v) is 7.24. The minimum absolute atomic E-state index is 0.118. The van der Waals surface area contributed by atoms with Crippen LogP contribution in [0.2, 0.25) is 0 Å². The zero-order chi connectivity index (χ0) is 21.1. The van der Waals surface area contributed by atoms with Gasteiger partial charge in [0, 0.05) is 21.5 Å². The molecule has 0 aliphatic heterocycles. The van der Waals surface area contributed by atoms with Gasteiger partial charge in [0.25, 0.3) is 0 Å². The average Bonchev–Trinajstić information content (AvgIpc) is 3.47. The first kappa shape index (κ1) is 21.2. The molecule has 0 atom stereocenters. The van der Waals surface area contributed by atoms with E-state index in [0.29, 0.717) is 5.13 Å². The number of hydrogen-bond acceptors (Lipinski definition) is 7. The molecule has 0 unspecified atom stereocenters. The van der Waals surface area contributed by atoms with Crippen molar-refractivity contribution in [3.63, 3.8) is 0 Å². The fraction of sp³-hybridized carbons (Fsp3) is 0.200. The Bertz CT molecular complexity index is 1140. The molecule has 4 rings (SSSR count). The number of carbonyl (C=O) groups is 1. The van der Waals surface area contributed by atoms with E-state index in [9.17, 15) is 4.79 Å². The predicted octanol–water partition coefficient (Wildman–Crippen LogP) is 6.20. The molecule has 4 aromatic rings. The summed E-state index contributed by atoms with van der Waals surface area (Å²) in [6.45, 7) is 4.17. The van der Waals surface area contributed by atoms with Crippen molar-refractivity contribution in [1.82, 2.24) is 19.7 Å². The van der Waals surface area contributed by atoms with E-state index in [-0.39, 0.29) is 17.7 Å². The van der Waals surface area contributed by atoms with E-state index in [1.165, 1.54) is 23.1 Å². The van der Waals surface area contributed by atoms with Crippen LogP contribution in [-0.2, 0) is 4.79 Å². The van der Waals surface area contributed by atoms with Gasteiger partial charge in [0.15, 0.2) is 16.1 Å². The number of carbonyl (C=O) groups excluding carboxylic acids is 1. The fourth-order valence-electron chi connectivity index (χ4n) is 2.78. The molecule has 3 heterocycles. The number of nitrogens with zero attached hydrogens (tertiary/aromatic N) is 4. The quantitative estimate of drug-likeness (QED) is 0.294. The van der Waals surface area contributed by atoms with Gasteiger partial charge in [0.05, 0.1) is 16.3 Å². The SMILES string of the molecule is CC(C)n1c(SCC(=O)Nc2nc(-c3ccc(Br)cc3)cs2)nnc1-c1cccs1. The molecule has 6 nitrogen and oxygen atoms in total. The van der Waals surface area contributed by atoms with E-state index >= 15 is 0 Å². The smallest absolute Gasteiger partial charge is 0.236 e. The van der Waals surface area contributed by atoms with Gasteiger partial charge in [0.2, 0.25) is 5.91 Å². The number of halogens is 1. The van der Waals surface area contributed by atoms with E-state index in [0.717, 1.165) is 31.6 Å². The monoisotopic (exact) mass is 519 g/mol. The van der Waals surface area contributed by atoms with Gasteiger partial charge < -0.3 is 5.32 Å². The standard InChI is InChI=1S/C20H18BrN5OS3/c1-12(2)26-18(16-4-3-9-28-16)24-25-20(26)30-11-17(27)23-19-22-15(10-29-19)13-5-7-14(21)8-6-13/h3-10,12H,11H2,1-2H3,(H,22,23,27). The normalized spacial score (nSPS) is 11.2. The van der Waals surface area contributed by atoms with Crippen LogP contribution in [0.25, 0.3) is 22.0 Å². The topological polar surface area (TPSA) is 72.7 Å². The van der Waals surface area contributed by atoms with Crippen LogP contribution in [0.15, 0.2) is 56.8 Å². The zero-order valence-electron chi connectivity index (χ0n) is 16.2. The van der Waals surface area contributed by atoms with Gasteiger partial charge in [-0.05, 0) is 37.4 Å². The molecule has 154 valence electrons. The number of benzene rings is 1. The molecule has 0 bridgehead atoms. The summed E-state index contributed by atoms with van der Waals surface area (Å²) in [5.41, 5.74) is 1.85. The van der Waals surface area contributed by atoms with Gasteiger partial charge in [-0.1, -0.05) is 45.9 Å². The molecule has 0 saturated carbocycles. The summed E-state index contributed by atoms with van der Waals surface area (Å²) >= 11 is 7.85. The Morgan fingerprint density at radius 2 is 2.00 bits per heavy atom. The minimum atomic E-state index is -0.118. The van der Waals surface area contributed by atoms with Crippen LogP contribution in [0.4, 0.5) is 5.13 Å². The lowest BCUT2D eigenvalue weighted by Gasteiger charge is -2.12. The number of thiazole rings is 1. The largest absolute Gasteiger partial charge is 0.301 e. The van der Waals surface area contributed by atoms with Crippen LogP contribution in [0, 0.1) is 0 Å². The maximum absolute atomic E-state index is 12.5. The van der Waals surface area contributed by atoms with Crippen LogP contribution in [0.3, 0.4) is 0 Å². The van der Waals surface area contributed by atoms with Gasteiger partial charge >= 0.3 is 0 Å². The van der Waals surface area contributed by atoms with Crippen LogP contribution < -0.4 is 5.32 Å². The first-order valence-corrected chi connectivity index (χ1v) is 12.7. The van der Waals surface area contributed by atoms with E-state index in [1.54, 1.807) is 11.3 Å². The summed E-state index contributed by atoms with van der Waals surface area (Å²) in [6.07, 6.45) is 0. The Labute approximate surface area is 194 Å². The van der Waals surface area contributed by atoms with E-state index in [1.807, 2.05) is 47.2 Å². The Hall–Kier alpha value is -2.01. The van der Waals surface area contributed by atoms with Gasteiger partial charge in [-0.15, -0.1) is 32.9 Å². The lowest BCUT2D eigenvalue weighted by molar-refractivity contribution is -0.113. The number of nitrogens with one attached hydrogen (secondary N) is 1. The number of thioether (sulfide) groups is 1. The number of rotatable bonds is 7. The summed E-state index contributed by atoms with van der Waals surface area (Å²) < 4.78 is 3.09. The molecule has 0 saturated heterocycles. The zero-order valence-corrected chi connectivity index (χ0v) is 20.2. The number of thiophene rings is 1. The van der Waals surface area contributed by atoms with Crippen LogP contribution in [0.1, 0.15) is 19.9 Å². The van der Waals surface area contributed by atoms with Gasteiger partial charge in [-0.25, -0.2) is 4.98 Å². The maximum atomic E-state index is 12.5. The van der Waals surface area contributed by atoms with Crippen molar-refractivity contribution in [2.75, 3.05) is 11.1 Å². The molecule has 10 heteroatoms. The minimum Gasteiger partial charge on any atom is -0.301 e. The van der Waals surface area contributed by atoms with Crippen molar-refractivity contribution >= 4 is 61.4 Å². The highest BCUT2D eigenvalue weighted by Gasteiger charge is 2.18. The van der Waals surface area contributed by atoms with Gasteiger partial charge in [-0.3, -0.25) is 9.36 Å². The van der Waals surface area contributed by atoms with Crippen LogP contribution >= 0.6 is 50.4 Å². The molecule has 1 amide bonds. The fourth-order valence-corrected chi connectivity index (χ4v) is 5.36. The maximum Gasteiger partial charge on any atom is 0.236 e. The second-order valence-corrected chi connectivity index (χ2v) is 10.3. The molecule has 0 aliphatic carbocycles. The average molecular weight is 521 g/mol. The van der Waals surface area contributed by atoms with Crippen molar-refractivity contribution in [2.24, 2.45) is 0 Å². The Kier molecular flexibility index (Phi) is 6.67. The van der Waals surface area contributed by atoms with Crippen molar-refractivity contribution in [1.29, 1.82) is 0 Å². The van der Waals surface area contributed by atoms with Gasteiger partial charge in [0.1, 0.15) is 0 Å². The highest BCUT2D eigenvalue weighted by Crippen LogP contribution is 2.30. The predicted molar refractivity (Wildman–Crippen MR) is 128 cm³/mol. The first-order chi connectivity index (χ1) is 14.5. The Morgan fingerprint density at radius 1 is 1.20 bits per heavy atom. The first-order valence-electron chi connectivity index (χ1n) is 9.14. The van der Waals surface area contributed by atoms with Crippen molar-refractivity contribution < 1.29 is 4.79 Å². The van der Waals surface area contributed by atoms with Gasteiger partial charge in [-0.2, -0.15) is 0 Å². The second kappa shape index (κ2) is 9.42. The van der Waals surface area contributed by atoms with E-state index in [2.05, 4.69) is 54.8 Å². The lowest BCUT2D eigenvalue weighted by Crippen LogP contribution is -2.14. The van der Waals surface area contributed by atoms with E-state index < -0.39 is 0 Å². The number of anilines is 1. The molecule has 0 aliphatic rings. The lowest BCUT2D eigenvalue weighted by atomic mass is 10.2. The second-order valence-electron chi connectivity index (χ2n) is 6.63. The third-order valence-electron chi connectivity index (χ3n) is 4.15. The van der Waals surface area contributed by atoms with Crippen molar-refractivity contribution in [3.05, 3.63) is 51.6 Å². The molecule has 0 fully saturated rings. The van der Waals surface area contributed by atoms with E-state index in [4.69, 9.17) is 0 Å². The molecule has 0 radical (unpaired) electrons. The molecular formula is C20H18BrN5OS3. The molecule has 1 aromatic carbocycles. The molecule has 1 N–H and O–H groups in total. The number of aromatic nitrogens is 4. The van der Waals surface area contributed by atoms with Crippen LogP contribution in [0.5, 0.6) is 0 Å². The van der Waals surface area contributed by atoms with Crippen molar-refractivity contribution in [3.8, 4) is 22.0 Å². The number of amides is 1. The highest BCUT2D eigenvalue weighted by atomic mass is 79.9. The molecule has 0 spiro atoms. The number of hydrogen-bond donors (Lipinski definition) is 1. The summed E-state index contributed by atoms with van der Waals surface area (Å²) in [5.74, 6) is 0.956. The third kappa shape index (κ3) is 4.83. The molecule has 3 aromatic heterocycles. The highest BCUT2D eigenvalue weighted by molar-refractivity contribution is 9.10. The van der Waals surface area contributed by atoms with Crippen molar-refractivity contribution in [2.45, 2.75) is 25.0 Å². The Morgan fingerprint density at radius 3 is 2.70 bits per heavy atom. The summed E-state index contributed by atoms with van der Waals surface area (Å²) in [5, 5.41) is 16.8.